The van der Waals surface area contributed by atoms with Crippen molar-refractivity contribution in [2.24, 2.45) is 10.9 Å². The van der Waals surface area contributed by atoms with Crippen molar-refractivity contribution < 1.29 is 9.53 Å². The number of hydrogen-bond donors (Lipinski definition) is 3. The first-order valence-corrected chi connectivity index (χ1v) is 10.1. The number of halogens is 1. The van der Waals surface area contributed by atoms with E-state index in [1.165, 1.54) is 11.1 Å². The summed E-state index contributed by atoms with van der Waals surface area (Å²) in [5.41, 5.74) is 2.40. The second kappa shape index (κ2) is 12.4. The highest BCUT2D eigenvalue weighted by Gasteiger charge is 2.32. The lowest BCUT2D eigenvalue weighted by molar-refractivity contribution is 0.146. The first-order valence-electron chi connectivity index (χ1n) is 10.1. The number of carbonyl (C=O) groups is 1. The lowest BCUT2D eigenvalue weighted by Gasteiger charge is -2.20. The van der Waals surface area contributed by atoms with Crippen LogP contribution in [0.1, 0.15) is 30.9 Å². The summed E-state index contributed by atoms with van der Waals surface area (Å²) in [7, 11) is 1.75. The minimum absolute atomic E-state index is 0. The zero-order valence-electron chi connectivity index (χ0n) is 17.5. The molecule has 2 aromatic rings. The molecule has 0 aliphatic heterocycles. The predicted octanol–water partition coefficient (Wildman–Crippen LogP) is 2.74. The largest absolute Gasteiger partial charge is 0.450 e. The normalized spacial score (nSPS) is 14.4. The van der Waals surface area contributed by atoms with Gasteiger partial charge in [-0.3, -0.25) is 9.67 Å². The van der Waals surface area contributed by atoms with Gasteiger partial charge in [-0.2, -0.15) is 5.10 Å². The van der Waals surface area contributed by atoms with Gasteiger partial charge >= 0.3 is 6.09 Å². The summed E-state index contributed by atoms with van der Waals surface area (Å²) in [6, 6.07) is 10.3. The lowest BCUT2D eigenvalue weighted by Crippen LogP contribution is -2.48. The van der Waals surface area contributed by atoms with Gasteiger partial charge in [-0.05, 0) is 42.9 Å². The van der Waals surface area contributed by atoms with Gasteiger partial charge in [0.1, 0.15) is 0 Å². The number of nitrogens with one attached hydrogen (secondary N) is 3. The standard InChI is InChI=1S/C21H30N6O2.HI/c1-3-29-21(28)26-19(16-9-10-16)14-24-20(22-2)23-13-17-7-4-5-8-18(17)15-27-12-6-11-25-27;/h4-8,11-12,16,19H,3,9-10,13-15H2,1-2H3,(H,26,28)(H2,22,23,24);1H. The average Bonchev–Trinajstić information content (AvgIpc) is 3.45. The SMILES string of the molecule is CCOC(=O)NC(CNC(=NC)NCc1ccccc1Cn1cccn1)C1CC1.I. The highest BCUT2D eigenvalue weighted by molar-refractivity contribution is 14.0. The molecule has 8 nitrogen and oxygen atoms in total. The second-order valence-corrected chi connectivity index (χ2v) is 7.09. The van der Waals surface area contributed by atoms with Crippen molar-refractivity contribution in [1.82, 2.24) is 25.7 Å². The van der Waals surface area contributed by atoms with Crippen LogP contribution in [-0.2, 0) is 17.8 Å². The highest BCUT2D eigenvalue weighted by Crippen LogP contribution is 2.32. The molecule has 1 amide bonds. The van der Waals surface area contributed by atoms with Crippen LogP contribution in [0.25, 0.3) is 0 Å². The van der Waals surface area contributed by atoms with Gasteiger partial charge in [0.25, 0.3) is 0 Å². The number of nitrogens with zero attached hydrogens (tertiary/aromatic N) is 3. The van der Waals surface area contributed by atoms with Crippen LogP contribution in [0.5, 0.6) is 0 Å². The Morgan fingerprint density at radius 3 is 2.67 bits per heavy atom. The van der Waals surface area contributed by atoms with Crippen LogP contribution in [0.15, 0.2) is 47.7 Å². The number of carbonyl (C=O) groups excluding carboxylic acids is 1. The third kappa shape index (κ3) is 7.51. The van der Waals surface area contributed by atoms with Gasteiger partial charge in [0.05, 0.1) is 19.2 Å². The van der Waals surface area contributed by atoms with Crippen LogP contribution in [-0.4, -0.2) is 48.1 Å². The van der Waals surface area contributed by atoms with Crippen LogP contribution in [0, 0.1) is 5.92 Å². The smallest absolute Gasteiger partial charge is 0.407 e. The average molecular weight is 526 g/mol. The van der Waals surface area contributed by atoms with Crippen LogP contribution < -0.4 is 16.0 Å². The van der Waals surface area contributed by atoms with E-state index in [4.69, 9.17) is 4.74 Å². The van der Waals surface area contributed by atoms with E-state index in [0.29, 0.717) is 31.6 Å². The fourth-order valence-corrected chi connectivity index (χ4v) is 3.22. The summed E-state index contributed by atoms with van der Waals surface area (Å²) in [5, 5.41) is 13.9. The number of ether oxygens (including phenoxy) is 1. The Bertz CT molecular complexity index is 808. The number of benzene rings is 1. The third-order valence-corrected chi connectivity index (χ3v) is 4.94. The summed E-state index contributed by atoms with van der Waals surface area (Å²) >= 11 is 0. The van der Waals surface area contributed by atoms with Gasteiger partial charge in [0.15, 0.2) is 5.96 Å². The van der Waals surface area contributed by atoms with Crippen LogP contribution in [0.3, 0.4) is 0 Å². The fourth-order valence-electron chi connectivity index (χ4n) is 3.22. The Balaban J connectivity index is 0.00000320. The van der Waals surface area contributed by atoms with Crippen molar-refractivity contribution in [3.63, 3.8) is 0 Å². The van der Waals surface area contributed by atoms with Gasteiger partial charge in [-0.1, -0.05) is 24.3 Å². The monoisotopic (exact) mass is 526 g/mol. The Labute approximate surface area is 194 Å². The molecule has 1 fully saturated rings. The maximum Gasteiger partial charge on any atom is 0.407 e. The van der Waals surface area contributed by atoms with Gasteiger partial charge in [0, 0.05) is 32.5 Å². The first kappa shape index (κ1) is 24.0. The number of rotatable bonds is 9. The van der Waals surface area contributed by atoms with E-state index >= 15 is 0 Å². The number of aromatic nitrogens is 2. The fraction of sp³-hybridized carbons (Fsp3) is 0.476. The van der Waals surface area contributed by atoms with Crippen molar-refractivity contribution in [3.8, 4) is 0 Å². The Morgan fingerprint density at radius 1 is 1.27 bits per heavy atom. The molecule has 1 aromatic heterocycles. The molecule has 1 aromatic carbocycles. The minimum atomic E-state index is -0.360. The number of guanidine groups is 1. The van der Waals surface area contributed by atoms with E-state index in [1.54, 1.807) is 20.2 Å². The first-order chi connectivity index (χ1) is 14.2. The molecule has 30 heavy (non-hydrogen) atoms. The second-order valence-electron chi connectivity index (χ2n) is 7.09. The number of aliphatic imine (C=N–C) groups is 1. The van der Waals surface area contributed by atoms with Crippen molar-refractivity contribution in [1.29, 1.82) is 0 Å². The van der Waals surface area contributed by atoms with Crippen LogP contribution in [0.4, 0.5) is 4.79 Å². The third-order valence-electron chi connectivity index (χ3n) is 4.94. The number of amides is 1. The van der Waals surface area contributed by atoms with Gasteiger partial charge in [-0.25, -0.2) is 4.79 Å². The molecule has 1 aliphatic carbocycles. The molecule has 3 N–H and O–H groups in total. The molecule has 9 heteroatoms. The molecule has 1 aliphatic rings. The Kier molecular flexibility index (Phi) is 9.92. The predicted molar refractivity (Wildman–Crippen MR) is 128 cm³/mol. The van der Waals surface area contributed by atoms with E-state index < -0.39 is 0 Å². The van der Waals surface area contributed by atoms with Gasteiger partial charge in [-0.15, -0.1) is 24.0 Å². The van der Waals surface area contributed by atoms with Crippen molar-refractivity contribution in [2.45, 2.75) is 38.9 Å². The zero-order valence-corrected chi connectivity index (χ0v) is 19.8. The van der Waals surface area contributed by atoms with E-state index in [1.807, 2.05) is 29.1 Å². The summed E-state index contributed by atoms with van der Waals surface area (Å²) < 4.78 is 6.92. The van der Waals surface area contributed by atoms with Gasteiger partial charge < -0.3 is 20.7 Å². The maximum absolute atomic E-state index is 11.8. The molecule has 0 saturated heterocycles. The summed E-state index contributed by atoms with van der Waals surface area (Å²) in [5.74, 6) is 1.20. The Morgan fingerprint density at radius 2 is 2.03 bits per heavy atom. The van der Waals surface area contributed by atoms with Crippen molar-refractivity contribution in [2.75, 3.05) is 20.2 Å². The summed E-state index contributed by atoms with van der Waals surface area (Å²) in [6.07, 6.45) is 5.64. The zero-order chi connectivity index (χ0) is 20.5. The molecule has 0 bridgehead atoms. The van der Waals surface area contributed by atoms with E-state index in [2.05, 4.69) is 38.2 Å². The number of alkyl carbamates (subject to hydrolysis) is 1. The molecule has 3 rings (SSSR count). The Hall–Kier alpha value is -2.30. The molecule has 0 radical (unpaired) electrons. The van der Waals surface area contributed by atoms with Crippen LogP contribution >= 0.6 is 24.0 Å². The summed E-state index contributed by atoms with van der Waals surface area (Å²) in [6.45, 7) is 4.16. The molecule has 1 atom stereocenters. The van der Waals surface area contributed by atoms with Crippen molar-refractivity contribution >= 4 is 36.0 Å². The molecule has 1 unspecified atom stereocenters. The summed E-state index contributed by atoms with van der Waals surface area (Å²) in [4.78, 5) is 16.1. The lowest BCUT2D eigenvalue weighted by atomic mass is 10.1. The van der Waals surface area contributed by atoms with Crippen LogP contribution in [0.2, 0.25) is 0 Å². The molecule has 1 saturated carbocycles. The molecular weight excluding hydrogens is 495 g/mol. The van der Waals surface area contributed by atoms with E-state index in [0.717, 1.165) is 19.4 Å². The number of hydrogen-bond acceptors (Lipinski definition) is 4. The van der Waals surface area contributed by atoms with Crippen molar-refractivity contribution in [3.05, 3.63) is 53.9 Å². The molecule has 0 spiro atoms. The minimum Gasteiger partial charge on any atom is -0.450 e. The van der Waals surface area contributed by atoms with Gasteiger partial charge in [0.2, 0.25) is 0 Å². The highest BCUT2D eigenvalue weighted by atomic mass is 127. The topological polar surface area (TPSA) is 92.6 Å². The quantitative estimate of drug-likeness (QED) is 0.266. The van der Waals surface area contributed by atoms with E-state index in [-0.39, 0.29) is 36.1 Å². The van der Waals surface area contributed by atoms with E-state index in [9.17, 15) is 4.79 Å². The molecule has 1 heterocycles. The molecular formula is C21H31IN6O2. The molecule has 164 valence electrons. The maximum atomic E-state index is 11.8.